The Kier molecular flexibility index (Phi) is 3.08. The molecule has 0 N–H and O–H groups in total. The zero-order chi connectivity index (χ0) is 15.3. The zero-order valence-electron chi connectivity index (χ0n) is 10.9. The van der Waals surface area contributed by atoms with Crippen molar-refractivity contribution < 1.29 is 8.81 Å². The van der Waals surface area contributed by atoms with Crippen LogP contribution >= 0.6 is 27.7 Å². The van der Waals surface area contributed by atoms with E-state index < -0.39 is 11.6 Å². The van der Waals surface area contributed by atoms with Crippen LogP contribution in [-0.4, -0.2) is 13.3 Å². The summed E-state index contributed by atoms with van der Waals surface area (Å²) < 4.78 is 28.7. The van der Waals surface area contributed by atoms with Gasteiger partial charge in [-0.05, 0) is 39.7 Å². The van der Waals surface area contributed by atoms with Crippen molar-refractivity contribution in [2.75, 3.05) is 0 Å². The molecule has 22 heavy (non-hydrogen) atoms. The Labute approximate surface area is 135 Å². The quantitative estimate of drug-likeness (QED) is 0.534. The second-order valence-corrected chi connectivity index (χ2v) is 6.16. The summed E-state index contributed by atoms with van der Waals surface area (Å²) >= 11 is 4.27. The van der Waals surface area contributed by atoms with Gasteiger partial charge in [-0.3, -0.25) is 4.57 Å². The molecule has 5 nitrogen and oxygen atoms in total. The topological polar surface area (TPSA) is 60.9 Å². The lowest BCUT2D eigenvalue weighted by Crippen LogP contribution is -2.14. The van der Waals surface area contributed by atoms with E-state index in [1.807, 2.05) is 18.2 Å². The van der Waals surface area contributed by atoms with Crippen LogP contribution in [0.15, 0.2) is 44.0 Å². The smallest absolute Gasteiger partial charge is 0.408 e. The minimum Gasteiger partial charge on any atom is -0.408 e. The number of fused-ring (bicyclic) bond motifs is 2. The van der Waals surface area contributed by atoms with E-state index in [0.717, 1.165) is 28.3 Å². The highest BCUT2D eigenvalue weighted by molar-refractivity contribution is 9.10. The molecule has 110 valence electrons. The molecule has 0 saturated carbocycles. The molecular weight excluding hydrogens is 373 g/mol. The van der Waals surface area contributed by atoms with Crippen LogP contribution in [0.1, 0.15) is 5.56 Å². The van der Waals surface area contributed by atoms with Crippen LogP contribution in [0.3, 0.4) is 0 Å². The van der Waals surface area contributed by atoms with Gasteiger partial charge in [-0.25, -0.2) is 9.18 Å². The Morgan fingerprint density at radius 3 is 2.91 bits per heavy atom. The number of aromatic nitrogens is 3. The first kappa shape index (κ1) is 13.6. The molecule has 4 rings (SSSR count). The summed E-state index contributed by atoms with van der Waals surface area (Å²) in [6, 6.07) is 8.36. The van der Waals surface area contributed by atoms with Crippen molar-refractivity contribution in [3.63, 3.8) is 0 Å². The molecule has 0 bridgehead atoms. The fourth-order valence-electron chi connectivity index (χ4n) is 2.32. The summed E-state index contributed by atoms with van der Waals surface area (Å²) in [7, 11) is 0. The first-order valence-corrected chi connectivity index (χ1v) is 7.84. The largest absolute Gasteiger partial charge is 0.420 e. The fourth-order valence-corrected chi connectivity index (χ4v) is 3.17. The molecule has 0 fully saturated rings. The molecule has 2 aromatic heterocycles. The summed E-state index contributed by atoms with van der Waals surface area (Å²) in [5.41, 5.74) is 3.26. The highest BCUT2D eigenvalue weighted by Gasteiger charge is 2.13. The number of halogens is 2. The minimum atomic E-state index is -0.524. The number of hydrogen-bond donors (Lipinski definition) is 0. The van der Waals surface area contributed by atoms with E-state index in [1.165, 1.54) is 10.6 Å². The van der Waals surface area contributed by atoms with Gasteiger partial charge in [-0.1, -0.05) is 6.07 Å². The molecule has 0 aliphatic rings. The number of hydrogen-bond acceptors (Lipinski definition) is 5. The van der Waals surface area contributed by atoms with E-state index >= 15 is 0 Å². The van der Waals surface area contributed by atoms with Gasteiger partial charge in [0.15, 0.2) is 5.58 Å². The van der Waals surface area contributed by atoms with E-state index in [4.69, 9.17) is 4.42 Å². The normalized spacial score (nSPS) is 11.5. The summed E-state index contributed by atoms with van der Waals surface area (Å²) in [5, 5.41) is 0. The summed E-state index contributed by atoms with van der Waals surface area (Å²) in [4.78, 5) is 12.0. The van der Waals surface area contributed by atoms with Crippen molar-refractivity contribution in [1.82, 2.24) is 13.3 Å². The second-order valence-electron chi connectivity index (χ2n) is 4.78. The second kappa shape index (κ2) is 4.99. The molecule has 4 aromatic rings. The van der Waals surface area contributed by atoms with Crippen molar-refractivity contribution in [1.29, 1.82) is 0 Å². The SMILES string of the molecule is O=c1oc2cc(F)c(Br)cc2n1Cc1ccc2nsnc2c1. The first-order chi connectivity index (χ1) is 10.6. The molecule has 0 aliphatic carbocycles. The number of oxazole rings is 1. The first-order valence-electron chi connectivity index (χ1n) is 6.31. The fraction of sp³-hybridized carbons (Fsp3) is 0.0714. The van der Waals surface area contributed by atoms with Gasteiger partial charge < -0.3 is 4.42 Å². The molecule has 2 heterocycles. The number of nitrogens with zero attached hydrogens (tertiary/aromatic N) is 3. The predicted molar refractivity (Wildman–Crippen MR) is 84.6 cm³/mol. The summed E-state index contributed by atoms with van der Waals surface area (Å²) in [6.07, 6.45) is 0. The average molecular weight is 380 g/mol. The maximum absolute atomic E-state index is 13.5. The molecule has 0 amide bonds. The van der Waals surface area contributed by atoms with Crippen molar-refractivity contribution in [3.8, 4) is 0 Å². The van der Waals surface area contributed by atoms with Gasteiger partial charge in [0.05, 0.1) is 28.3 Å². The van der Waals surface area contributed by atoms with Crippen LogP contribution in [-0.2, 0) is 6.54 Å². The Morgan fingerprint density at radius 1 is 1.23 bits per heavy atom. The van der Waals surface area contributed by atoms with Gasteiger partial charge >= 0.3 is 5.76 Å². The van der Waals surface area contributed by atoms with Gasteiger partial charge in [-0.15, -0.1) is 0 Å². The van der Waals surface area contributed by atoms with E-state index in [2.05, 4.69) is 24.7 Å². The van der Waals surface area contributed by atoms with Crippen LogP contribution in [0.2, 0.25) is 0 Å². The van der Waals surface area contributed by atoms with Crippen molar-refractivity contribution in [2.45, 2.75) is 6.54 Å². The molecule has 0 aliphatic heterocycles. The third-order valence-electron chi connectivity index (χ3n) is 3.37. The van der Waals surface area contributed by atoms with Gasteiger partial charge in [0.1, 0.15) is 16.9 Å². The summed E-state index contributed by atoms with van der Waals surface area (Å²) in [6.45, 7) is 0.317. The highest BCUT2D eigenvalue weighted by Crippen LogP contribution is 2.23. The van der Waals surface area contributed by atoms with Crippen LogP contribution in [0.5, 0.6) is 0 Å². The lowest BCUT2D eigenvalue weighted by atomic mass is 10.2. The van der Waals surface area contributed by atoms with E-state index in [-0.39, 0.29) is 10.1 Å². The van der Waals surface area contributed by atoms with Crippen LogP contribution in [0, 0.1) is 5.82 Å². The van der Waals surface area contributed by atoms with Gasteiger partial charge in [0, 0.05) is 6.07 Å². The van der Waals surface area contributed by atoms with Crippen LogP contribution in [0.25, 0.3) is 22.1 Å². The molecule has 0 spiro atoms. The monoisotopic (exact) mass is 379 g/mol. The van der Waals surface area contributed by atoms with E-state index in [1.54, 1.807) is 6.07 Å². The summed E-state index contributed by atoms with van der Waals surface area (Å²) in [5.74, 6) is -0.993. The Morgan fingerprint density at radius 2 is 2.05 bits per heavy atom. The van der Waals surface area contributed by atoms with E-state index in [9.17, 15) is 9.18 Å². The third-order valence-corrected chi connectivity index (χ3v) is 4.53. The maximum Gasteiger partial charge on any atom is 0.420 e. The maximum atomic E-state index is 13.5. The minimum absolute atomic E-state index is 0.224. The molecule has 0 radical (unpaired) electrons. The highest BCUT2D eigenvalue weighted by atomic mass is 79.9. The zero-order valence-corrected chi connectivity index (χ0v) is 13.3. The Bertz CT molecular complexity index is 1070. The molecule has 8 heteroatoms. The van der Waals surface area contributed by atoms with Crippen LogP contribution in [0.4, 0.5) is 4.39 Å². The van der Waals surface area contributed by atoms with E-state index in [0.29, 0.717) is 12.1 Å². The molecule has 0 saturated heterocycles. The molecule has 0 atom stereocenters. The Balaban J connectivity index is 1.85. The third kappa shape index (κ3) is 2.15. The van der Waals surface area contributed by atoms with Gasteiger partial charge in [0.2, 0.25) is 0 Å². The molecular formula is C14H7BrFN3O2S. The molecule has 2 aromatic carbocycles. The lowest BCUT2D eigenvalue weighted by Gasteiger charge is -2.03. The number of benzene rings is 2. The Hall–Kier alpha value is -2.06. The van der Waals surface area contributed by atoms with Crippen molar-refractivity contribution >= 4 is 49.8 Å². The molecule has 0 unspecified atom stereocenters. The van der Waals surface area contributed by atoms with Crippen molar-refractivity contribution in [3.05, 3.63) is 56.7 Å². The van der Waals surface area contributed by atoms with Crippen LogP contribution < -0.4 is 5.76 Å². The predicted octanol–water partition coefficient (Wildman–Crippen LogP) is 3.55. The van der Waals surface area contributed by atoms with Crippen molar-refractivity contribution in [2.24, 2.45) is 0 Å². The van der Waals surface area contributed by atoms with Gasteiger partial charge in [0.25, 0.3) is 0 Å². The average Bonchev–Trinajstić information content (AvgIpc) is 3.06. The lowest BCUT2D eigenvalue weighted by molar-refractivity contribution is 0.515. The van der Waals surface area contributed by atoms with Gasteiger partial charge in [-0.2, -0.15) is 8.75 Å². The number of rotatable bonds is 2. The standard InChI is InChI=1S/C14H7BrFN3O2S/c15-8-4-12-13(5-9(8)16)21-14(20)19(12)6-7-1-2-10-11(3-7)18-22-17-10/h1-5H,6H2.